The van der Waals surface area contributed by atoms with Crippen molar-refractivity contribution < 1.29 is 13.9 Å². The molecule has 4 rings (SSSR count). The van der Waals surface area contributed by atoms with Gasteiger partial charge >= 0.3 is 0 Å². The molecule has 0 fully saturated rings. The van der Waals surface area contributed by atoms with Gasteiger partial charge in [0.25, 0.3) is 5.56 Å². The number of ether oxygens (including phenoxy) is 2. The predicted molar refractivity (Wildman–Crippen MR) is 83.9 cm³/mol. The van der Waals surface area contributed by atoms with Crippen molar-refractivity contribution in [2.24, 2.45) is 0 Å². The Bertz CT molecular complexity index is 956. The molecule has 0 bridgehead atoms. The number of hydrogen-bond acceptors (Lipinski definition) is 6. The number of nitrogens with one attached hydrogen (secondary N) is 2. The van der Waals surface area contributed by atoms with Gasteiger partial charge in [-0.2, -0.15) is 0 Å². The van der Waals surface area contributed by atoms with Crippen molar-refractivity contribution in [3.05, 3.63) is 58.6 Å². The van der Waals surface area contributed by atoms with E-state index < -0.39 is 5.56 Å². The smallest absolute Gasteiger partial charge is 0.279 e. The highest BCUT2D eigenvalue weighted by atomic mass is 19.1. The molecule has 2 heterocycles. The number of aromatic nitrogens is 3. The molecule has 0 saturated heterocycles. The summed E-state index contributed by atoms with van der Waals surface area (Å²) in [6.45, 7) is 0.182. The lowest BCUT2D eigenvalue weighted by atomic mass is 10.2. The minimum atomic E-state index is -0.431. The van der Waals surface area contributed by atoms with Gasteiger partial charge in [-0.05, 0) is 36.4 Å². The van der Waals surface area contributed by atoms with Gasteiger partial charge in [0.1, 0.15) is 5.82 Å². The van der Waals surface area contributed by atoms with E-state index in [-0.39, 0.29) is 24.3 Å². The van der Waals surface area contributed by atoms with Gasteiger partial charge < -0.3 is 14.8 Å². The average molecular weight is 326 g/mol. The molecule has 7 nitrogen and oxygen atoms in total. The topological polar surface area (TPSA) is 89.1 Å². The zero-order valence-electron chi connectivity index (χ0n) is 12.2. The maximum atomic E-state index is 13.0. The summed E-state index contributed by atoms with van der Waals surface area (Å²) >= 11 is 0. The number of anilines is 2. The summed E-state index contributed by atoms with van der Waals surface area (Å²) in [6, 6.07) is 10.7. The van der Waals surface area contributed by atoms with E-state index in [4.69, 9.17) is 9.47 Å². The van der Waals surface area contributed by atoms with Crippen molar-refractivity contribution in [3.63, 3.8) is 0 Å². The molecule has 2 aromatic carbocycles. The molecule has 0 saturated carbocycles. The van der Waals surface area contributed by atoms with Crippen LogP contribution in [0.25, 0.3) is 11.3 Å². The second-order valence-corrected chi connectivity index (χ2v) is 5.05. The van der Waals surface area contributed by atoms with Crippen molar-refractivity contribution in [1.82, 2.24) is 15.2 Å². The van der Waals surface area contributed by atoms with Crippen LogP contribution >= 0.6 is 0 Å². The standard InChI is InChI=1S/C16H11FN4O3/c17-10-3-1-9(2-4-10)14-15(22)19-16(21-20-14)18-11-5-6-12-13(7-11)24-8-23-12/h1-7H,8H2,(H2,18,19,21,22). The van der Waals surface area contributed by atoms with Crippen LogP contribution in [0.15, 0.2) is 47.3 Å². The largest absolute Gasteiger partial charge is 0.454 e. The van der Waals surface area contributed by atoms with E-state index in [9.17, 15) is 9.18 Å². The first-order valence-electron chi connectivity index (χ1n) is 7.09. The Morgan fingerprint density at radius 3 is 2.62 bits per heavy atom. The fourth-order valence-corrected chi connectivity index (χ4v) is 2.30. The highest BCUT2D eigenvalue weighted by Gasteiger charge is 2.14. The molecule has 0 amide bonds. The van der Waals surface area contributed by atoms with Gasteiger partial charge in [0.15, 0.2) is 17.2 Å². The van der Waals surface area contributed by atoms with Crippen LogP contribution in [0.1, 0.15) is 0 Å². The summed E-state index contributed by atoms with van der Waals surface area (Å²) in [6.07, 6.45) is 0. The molecule has 1 aliphatic rings. The zero-order chi connectivity index (χ0) is 16.5. The van der Waals surface area contributed by atoms with Gasteiger partial charge in [-0.3, -0.25) is 9.78 Å². The van der Waals surface area contributed by atoms with Crippen LogP contribution in [0.2, 0.25) is 0 Å². The quantitative estimate of drug-likeness (QED) is 0.768. The van der Waals surface area contributed by atoms with Crippen molar-refractivity contribution in [3.8, 4) is 22.8 Å². The first-order valence-corrected chi connectivity index (χ1v) is 7.09. The molecule has 2 N–H and O–H groups in total. The van der Waals surface area contributed by atoms with Crippen molar-refractivity contribution in [2.75, 3.05) is 12.1 Å². The van der Waals surface area contributed by atoms with Crippen LogP contribution < -0.4 is 20.3 Å². The summed E-state index contributed by atoms with van der Waals surface area (Å²) in [5, 5.41) is 10.8. The fraction of sp³-hybridized carbons (Fsp3) is 0.0625. The number of nitrogens with zero attached hydrogens (tertiary/aromatic N) is 2. The fourth-order valence-electron chi connectivity index (χ4n) is 2.30. The van der Waals surface area contributed by atoms with E-state index >= 15 is 0 Å². The van der Waals surface area contributed by atoms with E-state index in [0.717, 1.165) is 0 Å². The van der Waals surface area contributed by atoms with Crippen LogP contribution in [-0.4, -0.2) is 22.0 Å². The summed E-state index contributed by atoms with van der Waals surface area (Å²) in [4.78, 5) is 14.8. The van der Waals surface area contributed by atoms with Crippen molar-refractivity contribution >= 4 is 11.6 Å². The Hall–Kier alpha value is -3.42. The Balaban J connectivity index is 1.60. The third-order valence-corrected chi connectivity index (χ3v) is 3.45. The highest BCUT2D eigenvalue weighted by molar-refractivity contribution is 5.61. The third-order valence-electron chi connectivity index (χ3n) is 3.45. The number of benzene rings is 2. The number of halogens is 1. The lowest BCUT2D eigenvalue weighted by molar-refractivity contribution is 0.174. The summed E-state index contributed by atoms with van der Waals surface area (Å²) in [5.41, 5.74) is 0.838. The van der Waals surface area contributed by atoms with Crippen LogP contribution in [0, 0.1) is 5.82 Å². The maximum Gasteiger partial charge on any atom is 0.279 e. The molecule has 3 aromatic rings. The first-order chi connectivity index (χ1) is 11.7. The van der Waals surface area contributed by atoms with E-state index in [1.165, 1.54) is 24.3 Å². The monoisotopic (exact) mass is 326 g/mol. The molecule has 24 heavy (non-hydrogen) atoms. The van der Waals surface area contributed by atoms with Crippen LogP contribution in [-0.2, 0) is 0 Å². The molecule has 8 heteroatoms. The number of fused-ring (bicyclic) bond motifs is 1. The minimum absolute atomic E-state index is 0.117. The van der Waals surface area contributed by atoms with Gasteiger partial charge in [-0.15, -0.1) is 10.2 Å². The first kappa shape index (κ1) is 14.2. The summed E-state index contributed by atoms with van der Waals surface area (Å²) in [5.74, 6) is 1.07. The van der Waals surface area contributed by atoms with Crippen molar-refractivity contribution in [2.45, 2.75) is 0 Å². The van der Waals surface area contributed by atoms with Crippen LogP contribution in [0.4, 0.5) is 16.0 Å². The molecule has 1 aliphatic heterocycles. The van der Waals surface area contributed by atoms with Gasteiger partial charge in [0.05, 0.1) is 0 Å². The van der Waals surface area contributed by atoms with Gasteiger partial charge in [0, 0.05) is 17.3 Å². The Morgan fingerprint density at radius 1 is 1.04 bits per heavy atom. The molecule has 0 radical (unpaired) electrons. The number of aromatic amines is 1. The zero-order valence-corrected chi connectivity index (χ0v) is 12.2. The number of rotatable bonds is 3. The Morgan fingerprint density at radius 2 is 1.83 bits per heavy atom. The van der Waals surface area contributed by atoms with Gasteiger partial charge in [0.2, 0.25) is 12.7 Å². The lowest BCUT2D eigenvalue weighted by Gasteiger charge is -2.06. The second kappa shape index (κ2) is 5.65. The number of hydrogen-bond donors (Lipinski definition) is 2. The predicted octanol–water partition coefficient (Wildman–Crippen LogP) is 2.44. The second-order valence-electron chi connectivity index (χ2n) is 5.05. The third kappa shape index (κ3) is 2.65. The van der Waals surface area contributed by atoms with Crippen LogP contribution in [0.5, 0.6) is 11.5 Å². The molecule has 1 aromatic heterocycles. The van der Waals surface area contributed by atoms with Crippen LogP contribution in [0.3, 0.4) is 0 Å². The summed E-state index contributed by atoms with van der Waals surface area (Å²) < 4.78 is 23.5. The van der Waals surface area contributed by atoms with E-state index in [1.54, 1.807) is 18.2 Å². The average Bonchev–Trinajstić information content (AvgIpc) is 3.04. The lowest BCUT2D eigenvalue weighted by Crippen LogP contribution is -2.15. The van der Waals surface area contributed by atoms with E-state index in [2.05, 4.69) is 20.5 Å². The molecule has 0 aliphatic carbocycles. The summed E-state index contributed by atoms with van der Waals surface area (Å²) in [7, 11) is 0. The molecular weight excluding hydrogens is 315 g/mol. The van der Waals surface area contributed by atoms with Gasteiger partial charge in [-0.25, -0.2) is 4.39 Å². The molecular formula is C16H11FN4O3. The molecule has 0 spiro atoms. The van der Waals surface area contributed by atoms with E-state index in [1.807, 2.05) is 0 Å². The minimum Gasteiger partial charge on any atom is -0.454 e. The maximum absolute atomic E-state index is 13.0. The highest BCUT2D eigenvalue weighted by Crippen LogP contribution is 2.34. The molecule has 0 unspecified atom stereocenters. The Kier molecular flexibility index (Phi) is 3.34. The Labute approximate surface area is 135 Å². The molecule has 120 valence electrons. The SMILES string of the molecule is O=c1[nH]c(Nc2ccc3c(c2)OCO3)nnc1-c1ccc(F)cc1. The normalized spacial score (nSPS) is 12.2. The number of H-pyrrole nitrogens is 1. The van der Waals surface area contributed by atoms with Gasteiger partial charge in [-0.1, -0.05) is 0 Å². The van der Waals surface area contributed by atoms with Crippen molar-refractivity contribution in [1.29, 1.82) is 0 Å². The van der Waals surface area contributed by atoms with E-state index in [0.29, 0.717) is 22.7 Å². The molecule has 0 atom stereocenters.